The van der Waals surface area contributed by atoms with Gasteiger partial charge in [-0.2, -0.15) is 5.10 Å². The van der Waals surface area contributed by atoms with Crippen LogP contribution < -0.4 is 4.74 Å². The van der Waals surface area contributed by atoms with E-state index < -0.39 is 6.04 Å². The molecule has 2 aromatic rings. The van der Waals surface area contributed by atoms with Gasteiger partial charge in [0.05, 0.1) is 12.3 Å². The number of ether oxygens (including phenoxy) is 1. The van der Waals surface area contributed by atoms with E-state index in [2.05, 4.69) is 10.2 Å². The normalized spacial score (nSPS) is 17.3. The summed E-state index contributed by atoms with van der Waals surface area (Å²) in [7, 11) is 0. The molecular weight excluding hydrogens is 278 g/mol. The van der Waals surface area contributed by atoms with E-state index in [9.17, 15) is 5.21 Å². The number of benzene rings is 2. The Morgan fingerprint density at radius 3 is 2.50 bits per heavy atom. The Balaban J connectivity index is 1.95. The fraction of sp³-hybridized carbons (Fsp3) is 0.176. The van der Waals surface area contributed by atoms with Crippen LogP contribution in [0.2, 0.25) is 0 Å². The predicted molar refractivity (Wildman–Crippen MR) is 85.4 cm³/mol. The quantitative estimate of drug-likeness (QED) is 0.942. The van der Waals surface area contributed by atoms with Crippen molar-refractivity contribution in [1.82, 2.24) is 5.06 Å². The zero-order chi connectivity index (χ0) is 15.4. The molecule has 0 radical (unpaired) electrons. The number of hydroxylamine groups is 2. The lowest BCUT2D eigenvalue weighted by Crippen LogP contribution is -2.33. The molecule has 0 spiro atoms. The molecule has 1 aliphatic heterocycles. The van der Waals surface area contributed by atoms with Crippen LogP contribution in [-0.4, -0.2) is 28.9 Å². The average molecular weight is 295 g/mol. The molecule has 5 heteroatoms. The molecule has 2 aromatic carbocycles. The van der Waals surface area contributed by atoms with Crippen LogP contribution >= 0.6 is 0 Å². The predicted octanol–water partition coefficient (Wildman–Crippen LogP) is 3.26. The summed E-state index contributed by atoms with van der Waals surface area (Å²) in [5.74, 6) is 0.804. The van der Waals surface area contributed by atoms with Crippen LogP contribution in [0, 0.1) is 0 Å². The first-order chi connectivity index (χ1) is 10.8. The van der Waals surface area contributed by atoms with Gasteiger partial charge in [0.1, 0.15) is 18.1 Å². The summed E-state index contributed by atoms with van der Waals surface area (Å²) in [6, 6.07) is 17.0. The van der Waals surface area contributed by atoms with E-state index in [0.29, 0.717) is 12.3 Å². The van der Waals surface area contributed by atoms with Gasteiger partial charge in [-0.05, 0) is 24.6 Å². The summed E-state index contributed by atoms with van der Waals surface area (Å²) < 4.78 is 5.45. The van der Waals surface area contributed by atoms with Crippen molar-refractivity contribution in [3.63, 3.8) is 0 Å². The van der Waals surface area contributed by atoms with E-state index in [1.807, 2.05) is 61.5 Å². The van der Waals surface area contributed by atoms with E-state index in [4.69, 9.17) is 4.74 Å². The van der Waals surface area contributed by atoms with Gasteiger partial charge in [-0.15, -0.1) is 5.10 Å². The fourth-order valence-electron chi connectivity index (χ4n) is 2.44. The van der Waals surface area contributed by atoms with Crippen molar-refractivity contribution in [1.29, 1.82) is 0 Å². The molecule has 0 bridgehead atoms. The first-order valence-corrected chi connectivity index (χ1v) is 7.16. The van der Waals surface area contributed by atoms with E-state index in [0.717, 1.165) is 21.9 Å². The van der Waals surface area contributed by atoms with Crippen LogP contribution in [0.1, 0.15) is 24.1 Å². The van der Waals surface area contributed by atoms with Crippen molar-refractivity contribution in [3.05, 3.63) is 65.7 Å². The summed E-state index contributed by atoms with van der Waals surface area (Å²) in [5, 5.41) is 19.3. The molecule has 112 valence electrons. The third kappa shape index (κ3) is 2.84. The molecule has 0 saturated heterocycles. The standard InChI is InChI=1S/C17H17N3O2/c1-2-22-15-10-8-14(9-11-15)17-16(19-18-12-20(17)21)13-6-4-3-5-7-13/h3-12,17,21H,2H2,1H3. The molecule has 22 heavy (non-hydrogen) atoms. The number of hydrogen-bond donors (Lipinski definition) is 1. The molecule has 1 unspecified atom stereocenters. The summed E-state index contributed by atoms with van der Waals surface area (Å²) in [6.45, 7) is 2.57. The van der Waals surface area contributed by atoms with Crippen LogP contribution in [0.15, 0.2) is 64.8 Å². The third-order valence-corrected chi connectivity index (χ3v) is 3.44. The van der Waals surface area contributed by atoms with Crippen molar-refractivity contribution in [2.24, 2.45) is 10.2 Å². The van der Waals surface area contributed by atoms with E-state index >= 15 is 0 Å². The minimum absolute atomic E-state index is 0.393. The molecule has 0 saturated carbocycles. The van der Waals surface area contributed by atoms with Crippen LogP contribution in [0.3, 0.4) is 0 Å². The smallest absolute Gasteiger partial charge is 0.139 e. The molecule has 0 amide bonds. The maximum absolute atomic E-state index is 10.2. The fourth-order valence-corrected chi connectivity index (χ4v) is 2.44. The Kier molecular flexibility index (Phi) is 4.16. The highest BCUT2D eigenvalue weighted by Crippen LogP contribution is 2.27. The summed E-state index contributed by atoms with van der Waals surface area (Å²) in [6.07, 6.45) is 1.31. The first kappa shape index (κ1) is 14.3. The molecule has 3 rings (SSSR count). The van der Waals surface area contributed by atoms with Gasteiger partial charge in [0.2, 0.25) is 0 Å². The molecule has 5 nitrogen and oxygen atoms in total. The lowest BCUT2D eigenvalue weighted by molar-refractivity contribution is -0.0290. The van der Waals surface area contributed by atoms with E-state index in [-0.39, 0.29) is 0 Å². The second-order valence-electron chi connectivity index (χ2n) is 4.87. The highest BCUT2D eigenvalue weighted by Gasteiger charge is 2.27. The zero-order valence-electron chi connectivity index (χ0n) is 12.3. The molecule has 0 aliphatic carbocycles. The Morgan fingerprint density at radius 1 is 1.09 bits per heavy atom. The van der Waals surface area contributed by atoms with Gasteiger partial charge in [0.15, 0.2) is 0 Å². The van der Waals surface area contributed by atoms with Crippen molar-refractivity contribution in [3.8, 4) is 5.75 Å². The Labute approximate surface area is 129 Å². The van der Waals surface area contributed by atoms with Crippen molar-refractivity contribution in [2.75, 3.05) is 6.61 Å². The molecular formula is C17H17N3O2. The highest BCUT2D eigenvalue weighted by atomic mass is 16.5. The minimum atomic E-state index is -0.393. The van der Waals surface area contributed by atoms with Crippen LogP contribution in [-0.2, 0) is 0 Å². The van der Waals surface area contributed by atoms with Gasteiger partial charge in [-0.3, -0.25) is 5.21 Å². The average Bonchev–Trinajstić information content (AvgIpc) is 2.57. The minimum Gasteiger partial charge on any atom is -0.494 e. The number of hydrogen-bond acceptors (Lipinski definition) is 5. The highest BCUT2D eigenvalue weighted by molar-refractivity contribution is 6.06. The van der Waals surface area contributed by atoms with Gasteiger partial charge in [0.25, 0.3) is 0 Å². The number of rotatable bonds is 4. The lowest BCUT2D eigenvalue weighted by Gasteiger charge is -2.27. The molecule has 1 aliphatic rings. The van der Waals surface area contributed by atoms with E-state index in [1.54, 1.807) is 0 Å². The van der Waals surface area contributed by atoms with E-state index in [1.165, 1.54) is 6.34 Å². The van der Waals surface area contributed by atoms with Crippen molar-refractivity contribution < 1.29 is 9.94 Å². The third-order valence-electron chi connectivity index (χ3n) is 3.44. The SMILES string of the molecule is CCOc1ccc(C2C(c3ccccc3)=NN=CN2O)cc1. The Bertz CT molecular complexity index is 681. The first-order valence-electron chi connectivity index (χ1n) is 7.16. The second-order valence-corrected chi connectivity index (χ2v) is 4.87. The molecule has 1 heterocycles. The van der Waals surface area contributed by atoms with Gasteiger partial charge in [-0.1, -0.05) is 42.5 Å². The monoisotopic (exact) mass is 295 g/mol. The van der Waals surface area contributed by atoms with Crippen molar-refractivity contribution >= 4 is 12.1 Å². The van der Waals surface area contributed by atoms with Crippen LogP contribution in [0.25, 0.3) is 0 Å². The molecule has 1 atom stereocenters. The van der Waals surface area contributed by atoms with Crippen molar-refractivity contribution in [2.45, 2.75) is 13.0 Å². The van der Waals surface area contributed by atoms with Crippen LogP contribution in [0.5, 0.6) is 5.75 Å². The summed E-state index contributed by atoms with van der Waals surface area (Å²) in [5.41, 5.74) is 2.55. The summed E-state index contributed by atoms with van der Waals surface area (Å²) in [4.78, 5) is 0. The van der Waals surface area contributed by atoms with Crippen LogP contribution in [0.4, 0.5) is 0 Å². The zero-order valence-corrected chi connectivity index (χ0v) is 12.3. The second kappa shape index (κ2) is 6.41. The number of nitrogens with zero attached hydrogens (tertiary/aromatic N) is 3. The van der Waals surface area contributed by atoms with Gasteiger partial charge < -0.3 is 4.74 Å². The Hall–Kier alpha value is -2.66. The largest absolute Gasteiger partial charge is 0.494 e. The van der Waals surface area contributed by atoms with Gasteiger partial charge >= 0.3 is 0 Å². The maximum Gasteiger partial charge on any atom is 0.139 e. The molecule has 1 N–H and O–H groups in total. The topological polar surface area (TPSA) is 57.4 Å². The maximum atomic E-state index is 10.2. The molecule has 0 aromatic heterocycles. The van der Waals surface area contributed by atoms with Gasteiger partial charge in [0, 0.05) is 5.56 Å². The lowest BCUT2D eigenvalue weighted by atomic mass is 9.96. The van der Waals surface area contributed by atoms with Gasteiger partial charge in [-0.25, -0.2) is 5.06 Å². The molecule has 0 fully saturated rings. The summed E-state index contributed by atoms with van der Waals surface area (Å²) >= 11 is 0. The Morgan fingerprint density at radius 2 is 1.82 bits per heavy atom.